The molecular weight excluding hydrogens is 248 g/mol. The van der Waals surface area contributed by atoms with E-state index in [1.807, 2.05) is 0 Å². The fourth-order valence-electron chi connectivity index (χ4n) is 3.71. The fourth-order valence-corrected chi connectivity index (χ4v) is 3.71. The van der Waals surface area contributed by atoms with Gasteiger partial charge in [-0.15, -0.1) is 0 Å². The number of benzene rings is 1. The molecule has 2 saturated heterocycles. The van der Waals surface area contributed by atoms with Crippen LogP contribution < -0.4 is 5.32 Å². The number of hydrogen-bond donors (Lipinski definition) is 1. The SMILES string of the molecule is Cc1ccccc1[C@@H]1C[C@H](C)N(C(=O)[C@H]2CCNC2)C1. The van der Waals surface area contributed by atoms with Crippen molar-refractivity contribution in [1.29, 1.82) is 0 Å². The lowest BCUT2D eigenvalue weighted by atomic mass is 9.93. The van der Waals surface area contributed by atoms with Crippen molar-refractivity contribution in [3.63, 3.8) is 0 Å². The first-order chi connectivity index (χ1) is 9.66. The summed E-state index contributed by atoms with van der Waals surface area (Å²) in [6, 6.07) is 8.96. The molecule has 3 atom stereocenters. The molecule has 0 aromatic heterocycles. The highest BCUT2D eigenvalue weighted by Gasteiger charge is 2.37. The summed E-state index contributed by atoms with van der Waals surface area (Å²) >= 11 is 0. The molecule has 108 valence electrons. The van der Waals surface area contributed by atoms with E-state index in [1.54, 1.807) is 0 Å². The first-order valence-corrected chi connectivity index (χ1v) is 7.73. The number of carbonyl (C=O) groups is 1. The van der Waals surface area contributed by atoms with Gasteiger partial charge in [-0.05, 0) is 44.4 Å². The van der Waals surface area contributed by atoms with E-state index < -0.39 is 0 Å². The van der Waals surface area contributed by atoms with Crippen molar-refractivity contribution in [3.05, 3.63) is 35.4 Å². The Balaban J connectivity index is 1.73. The third-order valence-electron chi connectivity index (χ3n) is 4.90. The van der Waals surface area contributed by atoms with E-state index >= 15 is 0 Å². The summed E-state index contributed by atoms with van der Waals surface area (Å²) in [6.45, 7) is 7.10. The molecule has 2 aliphatic heterocycles. The summed E-state index contributed by atoms with van der Waals surface area (Å²) in [5, 5.41) is 3.30. The van der Waals surface area contributed by atoms with Gasteiger partial charge in [-0.3, -0.25) is 4.79 Å². The van der Waals surface area contributed by atoms with Crippen LogP contribution in [-0.4, -0.2) is 36.5 Å². The zero-order valence-electron chi connectivity index (χ0n) is 12.4. The van der Waals surface area contributed by atoms with Crippen LogP contribution in [0, 0.1) is 12.8 Å². The van der Waals surface area contributed by atoms with Crippen LogP contribution >= 0.6 is 0 Å². The zero-order chi connectivity index (χ0) is 14.1. The minimum atomic E-state index is 0.202. The number of aryl methyl sites for hydroxylation is 1. The van der Waals surface area contributed by atoms with Gasteiger partial charge in [0.2, 0.25) is 5.91 Å². The van der Waals surface area contributed by atoms with E-state index in [1.165, 1.54) is 11.1 Å². The maximum absolute atomic E-state index is 12.6. The second kappa shape index (κ2) is 5.57. The van der Waals surface area contributed by atoms with Crippen molar-refractivity contribution in [2.45, 2.75) is 38.6 Å². The molecule has 0 aliphatic carbocycles. The van der Waals surface area contributed by atoms with Crippen LogP contribution in [-0.2, 0) is 4.79 Å². The van der Waals surface area contributed by atoms with Crippen molar-refractivity contribution < 1.29 is 4.79 Å². The van der Waals surface area contributed by atoms with Gasteiger partial charge in [-0.2, -0.15) is 0 Å². The molecule has 3 heteroatoms. The average molecular weight is 272 g/mol. The average Bonchev–Trinajstić information content (AvgIpc) is 3.08. The quantitative estimate of drug-likeness (QED) is 0.896. The minimum Gasteiger partial charge on any atom is -0.339 e. The van der Waals surface area contributed by atoms with Crippen molar-refractivity contribution in [2.24, 2.45) is 5.92 Å². The Hall–Kier alpha value is -1.35. The van der Waals surface area contributed by atoms with E-state index in [2.05, 4.69) is 48.3 Å². The number of nitrogens with one attached hydrogen (secondary N) is 1. The topological polar surface area (TPSA) is 32.3 Å². The van der Waals surface area contributed by atoms with Gasteiger partial charge < -0.3 is 10.2 Å². The van der Waals surface area contributed by atoms with Gasteiger partial charge in [-0.25, -0.2) is 0 Å². The molecule has 1 aromatic rings. The predicted octanol–water partition coefficient (Wildman–Crippen LogP) is 2.31. The molecule has 1 N–H and O–H groups in total. The Labute approximate surface area is 121 Å². The summed E-state index contributed by atoms with van der Waals surface area (Å²) in [6.07, 6.45) is 2.09. The van der Waals surface area contributed by atoms with Gasteiger partial charge in [0.25, 0.3) is 0 Å². The lowest BCUT2D eigenvalue weighted by Gasteiger charge is -2.24. The minimum absolute atomic E-state index is 0.202. The molecule has 0 saturated carbocycles. The van der Waals surface area contributed by atoms with Crippen LogP contribution in [0.4, 0.5) is 0 Å². The van der Waals surface area contributed by atoms with E-state index in [4.69, 9.17) is 0 Å². The standard InChI is InChI=1S/C17H24N2O/c1-12-5-3-4-6-16(12)15-9-13(2)19(11-15)17(20)14-7-8-18-10-14/h3-6,13-15,18H,7-11H2,1-2H3/t13-,14-,15+/m0/s1. The first-order valence-electron chi connectivity index (χ1n) is 7.73. The number of amides is 1. The summed E-state index contributed by atoms with van der Waals surface area (Å²) in [5.74, 6) is 1.07. The number of likely N-dealkylation sites (tertiary alicyclic amines) is 1. The lowest BCUT2D eigenvalue weighted by Crippen LogP contribution is -2.39. The third kappa shape index (κ3) is 2.47. The van der Waals surface area contributed by atoms with Crippen LogP contribution in [0.2, 0.25) is 0 Å². The molecule has 0 radical (unpaired) electrons. The highest BCUT2D eigenvalue weighted by molar-refractivity contribution is 5.80. The summed E-state index contributed by atoms with van der Waals surface area (Å²) < 4.78 is 0. The Kier molecular flexibility index (Phi) is 3.79. The van der Waals surface area contributed by atoms with E-state index in [0.29, 0.717) is 17.9 Å². The summed E-state index contributed by atoms with van der Waals surface area (Å²) in [5.41, 5.74) is 2.76. The van der Waals surface area contributed by atoms with Gasteiger partial charge in [0, 0.05) is 25.0 Å². The highest BCUT2D eigenvalue weighted by Crippen LogP contribution is 2.34. The van der Waals surface area contributed by atoms with E-state index in [0.717, 1.165) is 32.5 Å². The first kappa shape index (κ1) is 13.6. The molecule has 2 heterocycles. The molecule has 0 unspecified atom stereocenters. The number of hydrogen-bond acceptors (Lipinski definition) is 2. The summed E-state index contributed by atoms with van der Waals surface area (Å²) in [7, 11) is 0. The highest BCUT2D eigenvalue weighted by atomic mass is 16.2. The number of carbonyl (C=O) groups excluding carboxylic acids is 1. The van der Waals surface area contributed by atoms with Crippen LogP contribution in [0.5, 0.6) is 0 Å². The van der Waals surface area contributed by atoms with Crippen molar-refractivity contribution in [1.82, 2.24) is 10.2 Å². The molecule has 0 spiro atoms. The molecule has 1 amide bonds. The maximum Gasteiger partial charge on any atom is 0.227 e. The molecular formula is C17H24N2O. The predicted molar refractivity (Wildman–Crippen MR) is 80.7 cm³/mol. The largest absolute Gasteiger partial charge is 0.339 e. The van der Waals surface area contributed by atoms with Gasteiger partial charge in [0.1, 0.15) is 0 Å². The smallest absolute Gasteiger partial charge is 0.227 e. The lowest BCUT2D eigenvalue weighted by molar-refractivity contribution is -0.135. The second-order valence-electron chi connectivity index (χ2n) is 6.32. The fraction of sp³-hybridized carbons (Fsp3) is 0.588. The van der Waals surface area contributed by atoms with E-state index in [9.17, 15) is 4.79 Å². The molecule has 20 heavy (non-hydrogen) atoms. The van der Waals surface area contributed by atoms with E-state index in [-0.39, 0.29) is 5.92 Å². The molecule has 3 nitrogen and oxygen atoms in total. The maximum atomic E-state index is 12.6. The molecule has 0 bridgehead atoms. The summed E-state index contributed by atoms with van der Waals surface area (Å²) in [4.78, 5) is 14.7. The van der Waals surface area contributed by atoms with Crippen molar-refractivity contribution in [2.75, 3.05) is 19.6 Å². The Morgan fingerprint density at radius 3 is 2.85 bits per heavy atom. The van der Waals surface area contributed by atoms with Gasteiger partial charge in [0.05, 0.1) is 5.92 Å². The van der Waals surface area contributed by atoms with Crippen LogP contribution in [0.3, 0.4) is 0 Å². The molecule has 2 fully saturated rings. The molecule has 3 rings (SSSR count). The Bertz CT molecular complexity index is 494. The van der Waals surface area contributed by atoms with Crippen molar-refractivity contribution in [3.8, 4) is 0 Å². The third-order valence-corrected chi connectivity index (χ3v) is 4.90. The number of rotatable bonds is 2. The second-order valence-corrected chi connectivity index (χ2v) is 6.32. The Morgan fingerprint density at radius 2 is 2.15 bits per heavy atom. The molecule has 2 aliphatic rings. The Morgan fingerprint density at radius 1 is 1.35 bits per heavy atom. The van der Waals surface area contributed by atoms with Gasteiger partial charge >= 0.3 is 0 Å². The van der Waals surface area contributed by atoms with Crippen LogP contribution in [0.15, 0.2) is 24.3 Å². The van der Waals surface area contributed by atoms with Crippen molar-refractivity contribution >= 4 is 5.91 Å². The normalized spacial score (nSPS) is 29.9. The van der Waals surface area contributed by atoms with Crippen LogP contribution in [0.1, 0.15) is 36.8 Å². The van der Waals surface area contributed by atoms with Crippen LogP contribution in [0.25, 0.3) is 0 Å². The molecule has 1 aromatic carbocycles. The van der Waals surface area contributed by atoms with Gasteiger partial charge in [-0.1, -0.05) is 24.3 Å². The van der Waals surface area contributed by atoms with Gasteiger partial charge in [0.15, 0.2) is 0 Å². The number of nitrogens with zero attached hydrogens (tertiary/aromatic N) is 1. The zero-order valence-corrected chi connectivity index (χ0v) is 12.4. The monoisotopic (exact) mass is 272 g/mol.